The Balaban J connectivity index is 2.18. The molecule has 3 nitrogen and oxygen atoms in total. The molecule has 1 atom stereocenters. The summed E-state index contributed by atoms with van der Waals surface area (Å²) in [5.41, 5.74) is 1.91. The molecule has 4 heteroatoms. The third-order valence-corrected chi connectivity index (χ3v) is 3.05. The zero-order valence-corrected chi connectivity index (χ0v) is 10.0. The Kier molecular flexibility index (Phi) is 2.83. The molecular formula is C15H11FN2O. The number of nitrogens with one attached hydrogen (secondary N) is 1. The molecular weight excluding hydrogens is 243 g/mol. The molecule has 94 valence electrons. The molecule has 1 unspecified atom stereocenters. The van der Waals surface area contributed by atoms with Crippen LogP contribution in [-0.4, -0.2) is 12.1 Å². The van der Waals surface area contributed by atoms with Crippen LogP contribution in [0, 0.1) is 5.82 Å². The van der Waals surface area contributed by atoms with Gasteiger partial charge in [0, 0.05) is 16.8 Å². The van der Waals surface area contributed by atoms with Crippen LogP contribution >= 0.6 is 0 Å². The SMILES string of the molecule is O=C1C=NC(c2ccccc2F)c2ccccc2N1. The summed E-state index contributed by atoms with van der Waals surface area (Å²) in [6.45, 7) is 0. The number of halogens is 1. The Hall–Kier alpha value is -2.49. The average molecular weight is 254 g/mol. The highest BCUT2D eigenvalue weighted by Crippen LogP contribution is 2.33. The number of carbonyl (C=O) groups is 1. The van der Waals surface area contributed by atoms with E-state index < -0.39 is 6.04 Å². The summed E-state index contributed by atoms with van der Waals surface area (Å²) in [5.74, 6) is -0.625. The lowest BCUT2D eigenvalue weighted by Gasteiger charge is -2.15. The molecule has 0 bridgehead atoms. The Morgan fingerprint density at radius 2 is 1.68 bits per heavy atom. The number of benzene rings is 2. The third kappa shape index (κ3) is 2.12. The summed E-state index contributed by atoms with van der Waals surface area (Å²) in [6, 6.07) is 13.3. The van der Waals surface area contributed by atoms with Gasteiger partial charge in [0.2, 0.25) is 0 Å². The molecule has 0 saturated carbocycles. The fourth-order valence-corrected chi connectivity index (χ4v) is 2.18. The lowest BCUT2D eigenvalue weighted by atomic mass is 9.97. The van der Waals surface area contributed by atoms with Crippen molar-refractivity contribution in [2.75, 3.05) is 5.32 Å². The number of carbonyl (C=O) groups excluding carboxylic acids is 1. The Morgan fingerprint density at radius 3 is 2.47 bits per heavy atom. The van der Waals surface area contributed by atoms with Gasteiger partial charge in [-0.1, -0.05) is 36.4 Å². The van der Waals surface area contributed by atoms with Crippen molar-refractivity contribution in [3.05, 3.63) is 65.5 Å². The molecule has 1 amide bonds. The van der Waals surface area contributed by atoms with Crippen LogP contribution in [0.3, 0.4) is 0 Å². The minimum atomic E-state index is -0.503. The maximum absolute atomic E-state index is 13.9. The van der Waals surface area contributed by atoms with Crippen molar-refractivity contribution < 1.29 is 9.18 Å². The molecule has 0 saturated heterocycles. The topological polar surface area (TPSA) is 41.5 Å². The van der Waals surface area contributed by atoms with E-state index in [4.69, 9.17) is 0 Å². The number of rotatable bonds is 1. The van der Waals surface area contributed by atoms with Gasteiger partial charge in [-0.05, 0) is 12.1 Å². The van der Waals surface area contributed by atoms with Crippen molar-refractivity contribution >= 4 is 17.8 Å². The third-order valence-electron chi connectivity index (χ3n) is 3.05. The second kappa shape index (κ2) is 4.65. The first-order valence-electron chi connectivity index (χ1n) is 5.93. The minimum Gasteiger partial charge on any atom is -0.321 e. The van der Waals surface area contributed by atoms with Crippen molar-refractivity contribution in [3.63, 3.8) is 0 Å². The number of amides is 1. The van der Waals surface area contributed by atoms with E-state index in [-0.39, 0.29) is 11.7 Å². The molecule has 2 aromatic rings. The summed E-state index contributed by atoms with van der Waals surface area (Å²) >= 11 is 0. The van der Waals surface area contributed by atoms with Gasteiger partial charge in [0.05, 0.1) is 6.21 Å². The Morgan fingerprint density at radius 1 is 1.00 bits per heavy atom. The molecule has 0 fully saturated rings. The van der Waals surface area contributed by atoms with Crippen molar-refractivity contribution in [1.29, 1.82) is 0 Å². The van der Waals surface area contributed by atoms with Gasteiger partial charge in [-0.25, -0.2) is 4.39 Å². The van der Waals surface area contributed by atoms with Crippen LogP contribution in [0.1, 0.15) is 17.2 Å². The highest BCUT2D eigenvalue weighted by Gasteiger charge is 2.22. The van der Waals surface area contributed by atoms with Crippen molar-refractivity contribution in [2.24, 2.45) is 4.99 Å². The first-order chi connectivity index (χ1) is 9.25. The zero-order valence-electron chi connectivity index (χ0n) is 10.0. The zero-order chi connectivity index (χ0) is 13.2. The minimum absolute atomic E-state index is 0.300. The second-order valence-corrected chi connectivity index (χ2v) is 4.28. The Bertz CT molecular complexity index is 667. The molecule has 1 N–H and O–H groups in total. The van der Waals surface area contributed by atoms with Crippen LogP contribution in [0.15, 0.2) is 53.5 Å². The van der Waals surface area contributed by atoms with Gasteiger partial charge in [-0.3, -0.25) is 9.79 Å². The van der Waals surface area contributed by atoms with Crippen molar-refractivity contribution in [1.82, 2.24) is 0 Å². The van der Waals surface area contributed by atoms with Crippen LogP contribution in [0.5, 0.6) is 0 Å². The van der Waals surface area contributed by atoms with E-state index in [0.29, 0.717) is 11.3 Å². The normalized spacial score (nSPS) is 17.5. The van der Waals surface area contributed by atoms with Gasteiger partial charge in [-0.15, -0.1) is 0 Å². The van der Waals surface area contributed by atoms with Crippen molar-refractivity contribution in [3.8, 4) is 0 Å². The van der Waals surface area contributed by atoms with E-state index in [9.17, 15) is 9.18 Å². The van der Waals surface area contributed by atoms with E-state index in [2.05, 4.69) is 10.3 Å². The molecule has 19 heavy (non-hydrogen) atoms. The van der Waals surface area contributed by atoms with Crippen LogP contribution in [-0.2, 0) is 4.79 Å². The molecule has 0 aliphatic carbocycles. The van der Waals surface area contributed by atoms with Crippen LogP contribution in [0.25, 0.3) is 0 Å². The highest BCUT2D eigenvalue weighted by molar-refractivity contribution is 6.32. The number of fused-ring (bicyclic) bond motifs is 1. The summed E-state index contributed by atoms with van der Waals surface area (Å²) in [5, 5.41) is 2.73. The van der Waals surface area contributed by atoms with E-state index in [1.54, 1.807) is 24.3 Å². The van der Waals surface area contributed by atoms with Gasteiger partial charge < -0.3 is 5.32 Å². The van der Waals surface area contributed by atoms with Crippen LogP contribution < -0.4 is 5.32 Å². The fraction of sp³-hybridized carbons (Fsp3) is 0.0667. The van der Waals surface area contributed by atoms with Crippen molar-refractivity contribution in [2.45, 2.75) is 6.04 Å². The molecule has 1 aliphatic rings. The van der Waals surface area contributed by atoms with Gasteiger partial charge >= 0.3 is 0 Å². The number of para-hydroxylation sites is 1. The lowest BCUT2D eigenvalue weighted by Crippen LogP contribution is -2.11. The van der Waals surface area contributed by atoms with E-state index in [0.717, 1.165) is 5.56 Å². The van der Waals surface area contributed by atoms with E-state index in [1.165, 1.54) is 12.3 Å². The second-order valence-electron chi connectivity index (χ2n) is 4.28. The smallest absolute Gasteiger partial charge is 0.266 e. The van der Waals surface area contributed by atoms with Gasteiger partial charge in [0.15, 0.2) is 0 Å². The quantitative estimate of drug-likeness (QED) is 0.835. The maximum atomic E-state index is 13.9. The first kappa shape index (κ1) is 11.6. The van der Waals surface area contributed by atoms with Gasteiger partial charge in [0.1, 0.15) is 11.9 Å². The molecule has 3 rings (SSSR count). The summed E-state index contributed by atoms with van der Waals surface area (Å²) in [4.78, 5) is 15.8. The monoisotopic (exact) mass is 254 g/mol. The predicted octanol–water partition coefficient (Wildman–Crippen LogP) is 2.94. The first-order valence-corrected chi connectivity index (χ1v) is 5.93. The van der Waals surface area contributed by atoms with Crippen LogP contribution in [0.2, 0.25) is 0 Å². The standard InChI is InChI=1S/C15H11FN2O/c16-12-7-3-1-5-10(12)15-11-6-2-4-8-13(11)18-14(19)9-17-15/h1-9,15H,(H,18,19). The summed E-state index contributed by atoms with van der Waals surface area (Å²) in [6.07, 6.45) is 1.21. The summed E-state index contributed by atoms with van der Waals surface area (Å²) in [7, 11) is 0. The fourth-order valence-electron chi connectivity index (χ4n) is 2.18. The molecule has 2 aromatic carbocycles. The number of anilines is 1. The lowest BCUT2D eigenvalue weighted by molar-refractivity contribution is -0.109. The number of hydrogen-bond donors (Lipinski definition) is 1. The Labute approximate surface area is 109 Å². The molecule has 0 radical (unpaired) electrons. The molecule has 0 aromatic heterocycles. The highest BCUT2D eigenvalue weighted by atomic mass is 19.1. The predicted molar refractivity (Wildman–Crippen MR) is 71.8 cm³/mol. The number of aliphatic imine (C=N–C) groups is 1. The van der Waals surface area contributed by atoms with E-state index >= 15 is 0 Å². The van der Waals surface area contributed by atoms with Gasteiger partial charge in [-0.2, -0.15) is 0 Å². The molecule has 1 aliphatic heterocycles. The van der Waals surface area contributed by atoms with E-state index in [1.807, 2.05) is 18.2 Å². The maximum Gasteiger partial charge on any atom is 0.266 e. The molecule has 0 spiro atoms. The van der Waals surface area contributed by atoms with Crippen LogP contribution in [0.4, 0.5) is 10.1 Å². The largest absolute Gasteiger partial charge is 0.321 e. The number of hydrogen-bond acceptors (Lipinski definition) is 2. The molecule has 1 heterocycles. The summed E-state index contributed by atoms with van der Waals surface area (Å²) < 4.78 is 13.9. The van der Waals surface area contributed by atoms with Gasteiger partial charge in [0.25, 0.3) is 5.91 Å². The average Bonchev–Trinajstić information content (AvgIpc) is 2.58. The number of nitrogens with zero attached hydrogens (tertiary/aromatic N) is 1.